The van der Waals surface area contributed by atoms with Crippen molar-refractivity contribution in [3.8, 4) is 0 Å². The van der Waals surface area contributed by atoms with Crippen molar-refractivity contribution >= 4 is 0 Å². The highest BCUT2D eigenvalue weighted by Crippen LogP contribution is 2.40. The first-order valence-corrected chi connectivity index (χ1v) is 7.28. The first-order chi connectivity index (χ1) is 7.95. The molecular weight excluding hydrogens is 210 g/mol. The van der Waals surface area contributed by atoms with Gasteiger partial charge < -0.3 is 10.0 Å². The molecule has 2 nitrogen and oxygen atoms in total. The summed E-state index contributed by atoms with van der Waals surface area (Å²) in [5.74, 6) is 0.849. The predicted octanol–water partition coefficient (Wildman–Crippen LogP) is 2.91. The lowest BCUT2D eigenvalue weighted by atomic mass is 9.71. The van der Waals surface area contributed by atoms with Gasteiger partial charge in [-0.15, -0.1) is 0 Å². The second kappa shape index (κ2) is 4.89. The summed E-state index contributed by atoms with van der Waals surface area (Å²) in [6, 6.07) is 0. The van der Waals surface area contributed by atoms with Gasteiger partial charge in [-0.05, 0) is 24.2 Å². The SMILES string of the molecule is CC(C)(C)C1CN(CC2(CO)CCCCC2)C1. The Morgan fingerprint density at radius 3 is 2.18 bits per heavy atom. The fourth-order valence-corrected chi connectivity index (χ4v) is 3.39. The zero-order chi connectivity index (χ0) is 12.5. The summed E-state index contributed by atoms with van der Waals surface area (Å²) in [4.78, 5) is 2.57. The molecule has 2 aliphatic rings. The van der Waals surface area contributed by atoms with Crippen molar-refractivity contribution in [2.75, 3.05) is 26.2 Å². The average molecular weight is 239 g/mol. The number of aliphatic hydroxyl groups is 1. The Morgan fingerprint density at radius 1 is 1.12 bits per heavy atom. The summed E-state index contributed by atoms with van der Waals surface area (Å²) in [7, 11) is 0. The molecular formula is C15H29NO. The molecule has 0 aromatic heterocycles. The molecule has 1 saturated carbocycles. The molecule has 0 aromatic carbocycles. The molecule has 100 valence electrons. The lowest BCUT2D eigenvalue weighted by Gasteiger charge is -2.50. The van der Waals surface area contributed by atoms with Gasteiger partial charge in [0.25, 0.3) is 0 Å². The summed E-state index contributed by atoms with van der Waals surface area (Å²) in [6.07, 6.45) is 6.47. The number of aliphatic hydroxyl groups excluding tert-OH is 1. The minimum Gasteiger partial charge on any atom is -0.396 e. The molecule has 1 aliphatic carbocycles. The average Bonchev–Trinajstić information content (AvgIpc) is 2.23. The molecule has 0 radical (unpaired) electrons. The topological polar surface area (TPSA) is 23.5 Å². The van der Waals surface area contributed by atoms with Gasteiger partial charge in [-0.3, -0.25) is 0 Å². The van der Waals surface area contributed by atoms with Gasteiger partial charge in [0.2, 0.25) is 0 Å². The van der Waals surface area contributed by atoms with Gasteiger partial charge >= 0.3 is 0 Å². The molecule has 2 rings (SSSR count). The fraction of sp³-hybridized carbons (Fsp3) is 1.00. The van der Waals surface area contributed by atoms with Gasteiger partial charge in [-0.1, -0.05) is 40.0 Å². The van der Waals surface area contributed by atoms with Gasteiger partial charge in [0, 0.05) is 31.7 Å². The molecule has 1 heterocycles. The highest BCUT2D eigenvalue weighted by molar-refractivity contribution is 4.93. The van der Waals surface area contributed by atoms with E-state index in [0.29, 0.717) is 12.0 Å². The van der Waals surface area contributed by atoms with Crippen molar-refractivity contribution < 1.29 is 5.11 Å². The van der Waals surface area contributed by atoms with Crippen LogP contribution in [0.3, 0.4) is 0 Å². The minimum atomic E-state index is 0.237. The Hall–Kier alpha value is -0.0800. The standard InChI is InChI=1S/C15H29NO/c1-14(2,3)13-9-16(10-13)11-15(12-17)7-5-4-6-8-15/h13,17H,4-12H2,1-3H3. The third-order valence-corrected chi connectivity index (χ3v) is 4.99. The van der Waals surface area contributed by atoms with Gasteiger partial charge in [0.15, 0.2) is 0 Å². The zero-order valence-electron chi connectivity index (χ0n) is 11.8. The maximum atomic E-state index is 9.71. The van der Waals surface area contributed by atoms with E-state index in [4.69, 9.17) is 0 Å². The molecule has 2 heteroatoms. The van der Waals surface area contributed by atoms with E-state index in [1.165, 1.54) is 45.2 Å². The predicted molar refractivity (Wildman–Crippen MR) is 72.0 cm³/mol. The van der Waals surface area contributed by atoms with Crippen LogP contribution in [0.1, 0.15) is 52.9 Å². The molecule has 0 bridgehead atoms. The second-order valence-corrected chi connectivity index (χ2v) is 7.48. The maximum absolute atomic E-state index is 9.71. The Kier molecular flexibility index (Phi) is 3.84. The smallest absolute Gasteiger partial charge is 0.0499 e. The summed E-state index contributed by atoms with van der Waals surface area (Å²) in [5, 5.41) is 9.71. The third kappa shape index (κ3) is 3.03. The zero-order valence-corrected chi connectivity index (χ0v) is 11.8. The highest BCUT2D eigenvalue weighted by Gasteiger charge is 2.40. The van der Waals surface area contributed by atoms with E-state index in [0.717, 1.165) is 12.5 Å². The summed E-state index contributed by atoms with van der Waals surface area (Å²) < 4.78 is 0. The van der Waals surface area contributed by atoms with Crippen molar-refractivity contribution in [2.24, 2.45) is 16.7 Å². The molecule has 17 heavy (non-hydrogen) atoms. The van der Waals surface area contributed by atoms with E-state index in [2.05, 4.69) is 25.7 Å². The van der Waals surface area contributed by atoms with E-state index < -0.39 is 0 Å². The van der Waals surface area contributed by atoms with Crippen molar-refractivity contribution in [1.29, 1.82) is 0 Å². The van der Waals surface area contributed by atoms with Gasteiger partial charge in [-0.25, -0.2) is 0 Å². The number of hydrogen-bond donors (Lipinski definition) is 1. The van der Waals surface area contributed by atoms with Crippen LogP contribution in [-0.4, -0.2) is 36.2 Å². The molecule has 0 unspecified atom stereocenters. The molecule has 1 N–H and O–H groups in total. The quantitative estimate of drug-likeness (QED) is 0.818. The molecule has 2 fully saturated rings. The third-order valence-electron chi connectivity index (χ3n) is 4.99. The molecule has 0 atom stereocenters. The van der Waals surface area contributed by atoms with Crippen molar-refractivity contribution in [1.82, 2.24) is 4.90 Å². The van der Waals surface area contributed by atoms with Crippen LogP contribution in [0.4, 0.5) is 0 Å². The van der Waals surface area contributed by atoms with Crippen LogP contribution in [0.25, 0.3) is 0 Å². The lowest BCUT2D eigenvalue weighted by Crippen LogP contribution is -2.56. The van der Waals surface area contributed by atoms with Crippen molar-refractivity contribution in [3.05, 3.63) is 0 Å². The van der Waals surface area contributed by atoms with Crippen LogP contribution in [0, 0.1) is 16.7 Å². The van der Waals surface area contributed by atoms with Crippen LogP contribution in [0.15, 0.2) is 0 Å². The number of likely N-dealkylation sites (tertiary alicyclic amines) is 1. The van der Waals surface area contributed by atoms with Crippen LogP contribution in [-0.2, 0) is 0 Å². The molecule has 1 aliphatic heterocycles. The van der Waals surface area contributed by atoms with E-state index >= 15 is 0 Å². The molecule has 0 spiro atoms. The Balaban J connectivity index is 1.82. The van der Waals surface area contributed by atoms with E-state index in [1.807, 2.05) is 0 Å². The summed E-state index contributed by atoms with van der Waals surface area (Å²) in [6.45, 7) is 11.0. The first-order valence-electron chi connectivity index (χ1n) is 7.28. The maximum Gasteiger partial charge on any atom is 0.0499 e. The first kappa shape index (κ1) is 13.4. The van der Waals surface area contributed by atoms with Crippen molar-refractivity contribution in [3.63, 3.8) is 0 Å². The molecule has 0 aromatic rings. The largest absolute Gasteiger partial charge is 0.396 e. The van der Waals surface area contributed by atoms with Crippen LogP contribution in [0.5, 0.6) is 0 Å². The number of rotatable bonds is 3. The van der Waals surface area contributed by atoms with E-state index in [1.54, 1.807) is 0 Å². The lowest BCUT2D eigenvalue weighted by molar-refractivity contribution is -0.0338. The van der Waals surface area contributed by atoms with E-state index in [-0.39, 0.29) is 5.41 Å². The molecule has 1 saturated heterocycles. The van der Waals surface area contributed by atoms with E-state index in [9.17, 15) is 5.11 Å². The highest BCUT2D eigenvalue weighted by atomic mass is 16.3. The normalized spacial score (nSPS) is 26.8. The summed E-state index contributed by atoms with van der Waals surface area (Å²) >= 11 is 0. The van der Waals surface area contributed by atoms with Crippen molar-refractivity contribution in [2.45, 2.75) is 52.9 Å². The van der Waals surface area contributed by atoms with Gasteiger partial charge in [0.1, 0.15) is 0 Å². The molecule has 0 amide bonds. The number of nitrogens with zero attached hydrogens (tertiary/aromatic N) is 1. The summed E-state index contributed by atoms with van der Waals surface area (Å²) in [5.41, 5.74) is 0.691. The Bertz CT molecular complexity index is 244. The fourth-order valence-electron chi connectivity index (χ4n) is 3.39. The van der Waals surface area contributed by atoms with Crippen LogP contribution in [0.2, 0.25) is 0 Å². The number of hydrogen-bond acceptors (Lipinski definition) is 2. The minimum absolute atomic E-state index is 0.237. The van der Waals surface area contributed by atoms with Gasteiger partial charge in [0.05, 0.1) is 0 Å². The Labute approximate surface area is 106 Å². The van der Waals surface area contributed by atoms with Crippen LogP contribution < -0.4 is 0 Å². The second-order valence-electron chi connectivity index (χ2n) is 7.48. The van der Waals surface area contributed by atoms with Crippen LogP contribution >= 0.6 is 0 Å². The monoisotopic (exact) mass is 239 g/mol. The Morgan fingerprint density at radius 2 is 1.71 bits per heavy atom. The van der Waals surface area contributed by atoms with Gasteiger partial charge in [-0.2, -0.15) is 0 Å².